The van der Waals surface area contributed by atoms with E-state index in [1.54, 1.807) is 13.0 Å². The van der Waals surface area contributed by atoms with Crippen LogP contribution in [-0.2, 0) is 12.7 Å². The van der Waals surface area contributed by atoms with Crippen LogP contribution in [0.5, 0.6) is 0 Å². The van der Waals surface area contributed by atoms with Crippen molar-refractivity contribution in [3.05, 3.63) is 75.5 Å². The molecule has 5 rings (SSSR count). The van der Waals surface area contributed by atoms with Crippen molar-refractivity contribution in [1.29, 1.82) is 5.26 Å². The van der Waals surface area contributed by atoms with Gasteiger partial charge in [0.05, 0.1) is 40.1 Å². The number of amides is 2. The fraction of sp³-hybridized carbons (Fsp3) is 0.208. The van der Waals surface area contributed by atoms with E-state index in [4.69, 9.17) is 11.6 Å². The number of thioether (sulfide) groups is 1. The summed E-state index contributed by atoms with van der Waals surface area (Å²) in [7, 11) is 0. The van der Waals surface area contributed by atoms with Crippen LogP contribution in [0.15, 0.2) is 41.5 Å². The summed E-state index contributed by atoms with van der Waals surface area (Å²) in [6, 6.07) is 9.19. The number of rotatable bonds is 6. The number of halogens is 4. The maximum absolute atomic E-state index is 13.7. The van der Waals surface area contributed by atoms with E-state index in [9.17, 15) is 28.0 Å². The average molecular weight is 616 g/mol. The van der Waals surface area contributed by atoms with Crippen LogP contribution in [-0.4, -0.2) is 64.3 Å². The van der Waals surface area contributed by atoms with E-state index in [-0.39, 0.29) is 45.6 Å². The smallest absolute Gasteiger partial charge is 0.320 e. The van der Waals surface area contributed by atoms with E-state index >= 15 is 0 Å². The number of anilines is 1. The predicted octanol–water partition coefficient (Wildman–Crippen LogP) is 3.24. The average Bonchev–Trinajstić information content (AvgIpc) is 3.71. The molecule has 0 saturated heterocycles. The number of pyridine rings is 1. The van der Waals surface area contributed by atoms with Crippen LogP contribution < -0.4 is 10.6 Å². The second-order valence-corrected chi connectivity index (χ2v) is 10.1. The van der Waals surface area contributed by atoms with Gasteiger partial charge in [0.25, 0.3) is 17.6 Å². The van der Waals surface area contributed by atoms with Crippen LogP contribution in [0.4, 0.5) is 18.9 Å². The highest BCUT2D eigenvalue weighted by Gasteiger charge is 2.37. The first kappa shape index (κ1) is 28.7. The number of nitriles is 1. The molecular weight excluding hydrogens is 599 g/mol. The quantitative estimate of drug-likeness (QED) is 0.331. The van der Waals surface area contributed by atoms with E-state index in [1.807, 2.05) is 6.07 Å². The zero-order valence-electron chi connectivity index (χ0n) is 21.3. The lowest BCUT2D eigenvalue weighted by molar-refractivity contribution is -0.145. The molecule has 3 aromatic heterocycles. The maximum Gasteiger partial charge on any atom is 0.455 e. The maximum atomic E-state index is 13.7. The topological polar surface area (TPSA) is 169 Å². The van der Waals surface area contributed by atoms with Gasteiger partial charge in [0, 0.05) is 11.9 Å². The molecular formula is C24H17ClF3N11O2S. The Morgan fingerprint density at radius 2 is 2.00 bits per heavy atom. The first-order valence-corrected chi connectivity index (χ1v) is 13.3. The van der Waals surface area contributed by atoms with Crippen LogP contribution in [0.3, 0.4) is 0 Å². The number of aliphatic imine (C=N–C) groups is 1. The fourth-order valence-corrected chi connectivity index (χ4v) is 4.81. The number of hydrogen-bond donors (Lipinski definition) is 2. The van der Waals surface area contributed by atoms with Crippen LogP contribution in [0.25, 0.3) is 5.82 Å². The number of tetrazole rings is 1. The van der Waals surface area contributed by atoms with Gasteiger partial charge in [-0.3, -0.25) is 14.6 Å². The molecule has 2 N–H and O–H groups in total. The number of carbonyl (C=O) groups is 2. The number of aromatic nitrogens is 7. The first-order chi connectivity index (χ1) is 20.0. The summed E-state index contributed by atoms with van der Waals surface area (Å²) in [6.07, 6.45) is -3.38. The van der Waals surface area contributed by atoms with Crippen molar-refractivity contribution >= 4 is 46.0 Å². The summed E-state index contributed by atoms with van der Waals surface area (Å²) >= 11 is 7.67. The largest absolute Gasteiger partial charge is 0.455 e. The Labute approximate surface area is 243 Å². The monoisotopic (exact) mass is 615 g/mol. The lowest BCUT2D eigenvalue weighted by Gasteiger charge is -2.15. The van der Waals surface area contributed by atoms with Crippen molar-refractivity contribution < 1.29 is 22.8 Å². The third kappa shape index (κ3) is 6.09. The second kappa shape index (κ2) is 11.6. The molecule has 1 aliphatic rings. The molecule has 42 heavy (non-hydrogen) atoms. The van der Waals surface area contributed by atoms with E-state index in [1.165, 1.54) is 42.2 Å². The number of amidine groups is 1. The highest BCUT2D eigenvalue weighted by molar-refractivity contribution is 8.14. The van der Waals surface area contributed by atoms with Gasteiger partial charge in [0.15, 0.2) is 11.0 Å². The minimum atomic E-state index is -4.80. The van der Waals surface area contributed by atoms with Crippen LogP contribution >= 0.6 is 23.4 Å². The summed E-state index contributed by atoms with van der Waals surface area (Å²) in [5.74, 6) is -2.01. The van der Waals surface area contributed by atoms with Gasteiger partial charge in [-0.2, -0.15) is 28.3 Å². The van der Waals surface area contributed by atoms with E-state index < -0.39 is 23.8 Å². The van der Waals surface area contributed by atoms with Gasteiger partial charge >= 0.3 is 6.18 Å². The highest BCUT2D eigenvalue weighted by Crippen LogP contribution is 2.27. The van der Waals surface area contributed by atoms with Gasteiger partial charge in [-0.1, -0.05) is 23.4 Å². The van der Waals surface area contributed by atoms with Gasteiger partial charge in [-0.15, -0.1) is 10.2 Å². The second-order valence-electron chi connectivity index (χ2n) is 8.65. The Bertz CT molecular complexity index is 1780. The van der Waals surface area contributed by atoms with Gasteiger partial charge in [-0.25, -0.2) is 9.67 Å². The number of nitrogens with one attached hydrogen (secondary N) is 2. The Morgan fingerprint density at radius 3 is 2.67 bits per heavy atom. The molecule has 214 valence electrons. The van der Waals surface area contributed by atoms with Gasteiger partial charge in [0.1, 0.15) is 12.2 Å². The number of hydrogen-bond acceptors (Lipinski definition) is 10. The minimum absolute atomic E-state index is 0.0174. The molecule has 1 aliphatic heterocycles. The SMILES string of the molecule is Cc1cc(C#N)cc(C(=O)NC2=NCCS2)c1NC(=O)c1cc(Cn2nnc(C(F)(F)F)n2)nn1-c1ncccc1Cl. The normalized spacial score (nSPS) is 13.0. The Hall–Kier alpha value is -4.82. The molecule has 4 aromatic rings. The van der Waals surface area contributed by atoms with Crippen molar-refractivity contribution in [2.75, 3.05) is 17.6 Å². The van der Waals surface area contributed by atoms with Crippen molar-refractivity contribution in [3.63, 3.8) is 0 Å². The summed E-state index contributed by atoms with van der Waals surface area (Å²) < 4.78 is 39.9. The Morgan fingerprint density at radius 1 is 1.19 bits per heavy atom. The molecule has 0 spiro atoms. The van der Waals surface area contributed by atoms with Crippen molar-refractivity contribution in [2.45, 2.75) is 19.6 Å². The Kier molecular flexibility index (Phi) is 7.91. The standard InChI is InChI=1S/C24H17ClF3N11O2S/c1-12-7-13(10-29)8-15(20(40)33-23-31-5-6-42-23)18(12)32-21(41)17-9-14(11-38-36-22(34-37-38)24(26,27)28)35-39(17)19-16(25)3-2-4-30-19/h2-4,7-9H,5-6,11H2,1H3,(H,32,41)(H,31,33,40). The number of aryl methyl sites for hydroxylation is 1. The van der Waals surface area contributed by atoms with Crippen molar-refractivity contribution in [1.82, 2.24) is 40.3 Å². The van der Waals surface area contributed by atoms with Gasteiger partial charge in [0.2, 0.25) is 0 Å². The zero-order chi connectivity index (χ0) is 30.0. The third-order valence-electron chi connectivity index (χ3n) is 5.70. The molecule has 4 heterocycles. The molecule has 18 heteroatoms. The minimum Gasteiger partial charge on any atom is -0.320 e. The molecule has 0 aliphatic carbocycles. The molecule has 0 radical (unpaired) electrons. The summed E-state index contributed by atoms with van der Waals surface area (Å²) in [6.45, 7) is 1.79. The molecule has 1 aromatic carbocycles. The van der Waals surface area contributed by atoms with Gasteiger partial charge in [-0.05, 0) is 48.0 Å². The number of alkyl halides is 3. The van der Waals surface area contributed by atoms with Crippen LogP contribution in [0, 0.1) is 18.3 Å². The molecule has 0 fully saturated rings. The Balaban J connectivity index is 1.52. The van der Waals surface area contributed by atoms with Crippen molar-refractivity contribution in [2.24, 2.45) is 4.99 Å². The lowest BCUT2D eigenvalue weighted by Crippen LogP contribution is -2.29. The molecule has 0 bridgehead atoms. The van der Waals surface area contributed by atoms with E-state index in [0.717, 1.165) is 4.68 Å². The lowest BCUT2D eigenvalue weighted by atomic mass is 10.0. The zero-order valence-corrected chi connectivity index (χ0v) is 22.9. The van der Waals surface area contributed by atoms with Crippen molar-refractivity contribution in [3.8, 4) is 11.9 Å². The molecule has 2 amide bonds. The number of carbonyl (C=O) groups excluding carboxylic acids is 2. The van der Waals surface area contributed by atoms with Crippen LogP contribution in [0.2, 0.25) is 5.02 Å². The highest BCUT2D eigenvalue weighted by atomic mass is 35.5. The number of benzene rings is 1. The third-order valence-corrected chi connectivity index (χ3v) is 6.88. The first-order valence-electron chi connectivity index (χ1n) is 11.9. The summed E-state index contributed by atoms with van der Waals surface area (Å²) in [5.41, 5.74) is 0.717. The molecule has 0 atom stereocenters. The summed E-state index contributed by atoms with van der Waals surface area (Å²) in [5, 5.41) is 29.4. The van der Waals surface area contributed by atoms with E-state index in [2.05, 4.69) is 41.1 Å². The molecule has 13 nitrogen and oxygen atoms in total. The van der Waals surface area contributed by atoms with Crippen LogP contribution in [0.1, 0.15) is 43.5 Å². The summed E-state index contributed by atoms with van der Waals surface area (Å²) in [4.78, 5) is 35.9. The number of nitrogens with zero attached hydrogens (tertiary/aromatic N) is 9. The van der Waals surface area contributed by atoms with Gasteiger partial charge < -0.3 is 10.6 Å². The molecule has 0 saturated carbocycles. The predicted molar refractivity (Wildman–Crippen MR) is 144 cm³/mol. The fourth-order valence-electron chi connectivity index (χ4n) is 3.88. The molecule has 0 unspecified atom stereocenters. The van der Waals surface area contributed by atoms with E-state index in [0.29, 0.717) is 27.8 Å².